The minimum absolute atomic E-state index is 0.266. The van der Waals surface area contributed by atoms with Gasteiger partial charge in [-0.1, -0.05) is 37.3 Å². The van der Waals surface area contributed by atoms with Crippen LogP contribution in [0.25, 0.3) is 33.1 Å². The van der Waals surface area contributed by atoms with E-state index in [-0.39, 0.29) is 12.5 Å². The van der Waals surface area contributed by atoms with Gasteiger partial charge in [0.2, 0.25) is 0 Å². The number of benzene rings is 3. The van der Waals surface area contributed by atoms with E-state index in [1.54, 1.807) is 31.8 Å². The van der Waals surface area contributed by atoms with Gasteiger partial charge in [-0.2, -0.15) is 0 Å². The lowest BCUT2D eigenvalue weighted by Crippen LogP contribution is -2.28. The number of para-hydroxylation sites is 1. The van der Waals surface area contributed by atoms with Crippen LogP contribution in [0.3, 0.4) is 0 Å². The molecule has 0 aliphatic carbocycles. The Labute approximate surface area is 238 Å². The van der Waals surface area contributed by atoms with Crippen LogP contribution in [0.1, 0.15) is 48.4 Å². The summed E-state index contributed by atoms with van der Waals surface area (Å²) in [6.45, 7) is 5.98. The van der Waals surface area contributed by atoms with Crippen molar-refractivity contribution < 1.29 is 23.8 Å². The Hall–Kier alpha value is -4.85. The van der Waals surface area contributed by atoms with Crippen LogP contribution in [-0.4, -0.2) is 42.4 Å². The number of hydrogen-bond acceptors (Lipinski definition) is 6. The standard InChI is InChI=1S/C33H33N3O5/c1-6-29-31(24-13-8-9-14-30(24)36(29)33(38)41-7-2)20(3)34-32(37)26-19-28(21-11-10-12-22(17-21)39-4)35-27-16-15-23(40-5)18-25(26)27/h8-20H,6-7H2,1-5H3,(H,34,37)/t20-/m1/s1. The van der Waals surface area contributed by atoms with Crippen molar-refractivity contribution in [2.24, 2.45) is 0 Å². The van der Waals surface area contributed by atoms with Crippen LogP contribution in [0.4, 0.5) is 4.79 Å². The van der Waals surface area contributed by atoms with Crippen LogP contribution in [-0.2, 0) is 11.2 Å². The molecule has 0 unspecified atom stereocenters. The van der Waals surface area contributed by atoms with Gasteiger partial charge in [-0.3, -0.25) is 4.79 Å². The third-order valence-corrected chi connectivity index (χ3v) is 7.21. The van der Waals surface area contributed by atoms with E-state index in [1.807, 2.05) is 80.6 Å². The van der Waals surface area contributed by atoms with Gasteiger partial charge in [-0.25, -0.2) is 14.3 Å². The van der Waals surface area contributed by atoms with Crippen molar-refractivity contribution in [3.8, 4) is 22.8 Å². The fraction of sp³-hybridized carbons (Fsp3) is 0.242. The summed E-state index contributed by atoms with van der Waals surface area (Å²) in [5.74, 6) is 1.06. The Morgan fingerprint density at radius 1 is 0.902 bits per heavy atom. The zero-order chi connectivity index (χ0) is 29.1. The molecule has 1 N–H and O–H groups in total. The SMILES string of the molecule is CCOC(=O)n1c(CC)c([C@@H](C)NC(=O)c2cc(-c3cccc(OC)c3)nc3ccc(OC)cc23)c2ccccc21. The fourth-order valence-electron chi connectivity index (χ4n) is 5.34. The van der Waals surface area contributed by atoms with Crippen molar-refractivity contribution in [3.05, 3.63) is 89.6 Å². The molecule has 0 aliphatic heterocycles. The number of carbonyl (C=O) groups excluding carboxylic acids is 2. The molecule has 0 saturated heterocycles. The van der Waals surface area contributed by atoms with Crippen LogP contribution in [0, 0.1) is 0 Å². The van der Waals surface area contributed by atoms with E-state index < -0.39 is 12.1 Å². The summed E-state index contributed by atoms with van der Waals surface area (Å²) in [5.41, 5.74) is 5.04. The second-order valence-corrected chi connectivity index (χ2v) is 9.63. The summed E-state index contributed by atoms with van der Waals surface area (Å²) in [5, 5.41) is 4.76. The molecule has 2 aromatic heterocycles. The molecular weight excluding hydrogens is 518 g/mol. The zero-order valence-electron chi connectivity index (χ0n) is 23.9. The minimum Gasteiger partial charge on any atom is -0.497 e. The molecule has 0 spiro atoms. The molecule has 0 fully saturated rings. The lowest BCUT2D eigenvalue weighted by molar-refractivity contribution is 0.0941. The predicted octanol–water partition coefficient (Wildman–Crippen LogP) is 6.93. The molecule has 5 rings (SSSR count). The highest BCUT2D eigenvalue weighted by Gasteiger charge is 2.26. The van der Waals surface area contributed by atoms with Crippen molar-refractivity contribution >= 4 is 33.8 Å². The first-order valence-corrected chi connectivity index (χ1v) is 13.6. The zero-order valence-corrected chi connectivity index (χ0v) is 23.9. The maximum Gasteiger partial charge on any atom is 0.418 e. The number of methoxy groups -OCH3 is 2. The van der Waals surface area contributed by atoms with Gasteiger partial charge >= 0.3 is 6.09 Å². The molecule has 8 heteroatoms. The van der Waals surface area contributed by atoms with Crippen molar-refractivity contribution in [2.75, 3.05) is 20.8 Å². The second-order valence-electron chi connectivity index (χ2n) is 9.63. The summed E-state index contributed by atoms with van der Waals surface area (Å²) in [6, 6.07) is 22.1. The quantitative estimate of drug-likeness (QED) is 0.225. The van der Waals surface area contributed by atoms with E-state index in [0.717, 1.165) is 27.7 Å². The van der Waals surface area contributed by atoms with Gasteiger partial charge in [-0.05, 0) is 62.7 Å². The average Bonchev–Trinajstić information content (AvgIpc) is 3.35. The summed E-state index contributed by atoms with van der Waals surface area (Å²) in [4.78, 5) is 31.8. The van der Waals surface area contributed by atoms with E-state index in [9.17, 15) is 9.59 Å². The lowest BCUT2D eigenvalue weighted by Gasteiger charge is -2.18. The van der Waals surface area contributed by atoms with E-state index in [1.165, 1.54) is 0 Å². The minimum atomic E-state index is -0.430. The predicted molar refractivity (Wildman–Crippen MR) is 160 cm³/mol. The Kier molecular flexibility index (Phi) is 7.92. The highest BCUT2D eigenvalue weighted by molar-refractivity contribution is 6.08. The van der Waals surface area contributed by atoms with Crippen molar-refractivity contribution in [1.82, 2.24) is 14.9 Å². The molecule has 0 aliphatic rings. The molecule has 0 saturated carbocycles. The molecule has 210 valence electrons. The lowest BCUT2D eigenvalue weighted by atomic mass is 10.0. The average molecular weight is 552 g/mol. The van der Waals surface area contributed by atoms with Crippen molar-refractivity contribution in [2.45, 2.75) is 33.2 Å². The van der Waals surface area contributed by atoms with Crippen molar-refractivity contribution in [1.29, 1.82) is 0 Å². The molecule has 3 aromatic carbocycles. The van der Waals surface area contributed by atoms with Crippen molar-refractivity contribution in [3.63, 3.8) is 0 Å². The monoisotopic (exact) mass is 551 g/mol. The van der Waals surface area contributed by atoms with Crippen LogP contribution in [0.15, 0.2) is 72.8 Å². The molecule has 1 amide bonds. The van der Waals surface area contributed by atoms with Crippen LogP contribution >= 0.6 is 0 Å². The van der Waals surface area contributed by atoms with Gasteiger partial charge in [0.25, 0.3) is 5.91 Å². The number of rotatable bonds is 8. The first kappa shape index (κ1) is 27.7. The molecule has 0 radical (unpaired) electrons. The molecule has 0 bridgehead atoms. The summed E-state index contributed by atoms with van der Waals surface area (Å²) in [6.07, 6.45) is 0.152. The topological polar surface area (TPSA) is 91.7 Å². The molecule has 1 atom stereocenters. The summed E-state index contributed by atoms with van der Waals surface area (Å²) in [7, 11) is 3.20. The molecule has 41 heavy (non-hydrogen) atoms. The Balaban J connectivity index is 1.61. The van der Waals surface area contributed by atoms with Crippen LogP contribution < -0.4 is 14.8 Å². The van der Waals surface area contributed by atoms with Gasteiger partial charge in [-0.15, -0.1) is 0 Å². The summed E-state index contributed by atoms with van der Waals surface area (Å²) < 4.78 is 17.8. The number of ether oxygens (including phenoxy) is 3. The first-order valence-electron chi connectivity index (χ1n) is 13.6. The number of amides is 1. The molecular formula is C33H33N3O5. The number of pyridine rings is 1. The Bertz CT molecular complexity index is 1760. The van der Waals surface area contributed by atoms with Gasteiger partial charge in [0.15, 0.2) is 0 Å². The number of nitrogens with zero attached hydrogens (tertiary/aromatic N) is 2. The van der Waals surface area contributed by atoms with Gasteiger partial charge in [0.1, 0.15) is 11.5 Å². The summed E-state index contributed by atoms with van der Waals surface area (Å²) >= 11 is 0. The van der Waals surface area contributed by atoms with E-state index >= 15 is 0 Å². The highest BCUT2D eigenvalue weighted by Crippen LogP contribution is 2.33. The van der Waals surface area contributed by atoms with Gasteiger partial charge in [0, 0.05) is 27.6 Å². The maximum absolute atomic E-state index is 14.0. The maximum atomic E-state index is 14.0. The van der Waals surface area contributed by atoms with Gasteiger partial charge in [0.05, 0.1) is 49.2 Å². The third-order valence-electron chi connectivity index (χ3n) is 7.21. The highest BCUT2D eigenvalue weighted by atomic mass is 16.5. The molecule has 5 aromatic rings. The largest absolute Gasteiger partial charge is 0.497 e. The number of carbonyl (C=O) groups is 2. The number of nitrogens with one attached hydrogen (secondary N) is 1. The van der Waals surface area contributed by atoms with E-state index in [4.69, 9.17) is 19.2 Å². The van der Waals surface area contributed by atoms with E-state index in [0.29, 0.717) is 40.1 Å². The molecule has 2 heterocycles. The smallest absolute Gasteiger partial charge is 0.418 e. The first-order chi connectivity index (χ1) is 19.9. The number of aromatic nitrogens is 2. The Morgan fingerprint density at radius 3 is 2.39 bits per heavy atom. The van der Waals surface area contributed by atoms with E-state index in [2.05, 4.69) is 5.32 Å². The third kappa shape index (κ3) is 5.20. The fourth-order valence-corrected chi connectivity index (χ4v) is 5.34. The normalized spacial score (nSPS) is 11.8. The van der Waals surface area contributed by atoms with Gasteiger partial charge < -0.3 is 19.5 Å². The van der Waals surface area contributed by atoms with Crippen LogP contribution in [0.5, 0.6) is 11.5 Å². The second kappa shape index (κ2) is 11.7. The number of fused-ring (bicyclic) bond motifs is 2. The Morgan fingerprint density at radius 2 is 1.66 bits per heavy atom. The molecule has 8 nitrogen and oxygen atoms in total. The van der Waals surface area contributed by atoms with Crippen LogP contribution in [0.2, 0.25) is 0 Å². The number of hydrogen-bond donors (Lipinski definition) is 1.